The fourth-order valence-corrected chi connectivity index (χ4v) is 3.21. The van der Waals surface area contributed by atoms with Crippen molar-refractivity contribution in [1.29, 1.82) is 0 Å². The van der Waals surface area contributed by atoms with Crippen molar-refractivity contribution in [1.82, 2.24) is 24.8 Å². The molecule has 22 heavy (non-hydrogen) atoms. The fraction of sp³-hybridized carbons (Fsp3) is 0.800. The number of carbonyl (C=O) groups is 1. The van der Waals surface area contributed by atoms with Crippen LogP contribution >= 0.6 is 0 Å². The van der Waals surface area contributed by atoms with E-state index in [9.17, 15) is 4.79 Å². The SMILES string of the molecule is Cc1noc(C(C)N2CCN(CC(=O)N3CCCC3)CC2)n1. The zero-order valence-electron chi connectivity index (χ0n) is 13.5. The summed E-state index contributed by atoms with van der Waals surface area (Å²) in [5, 5.41) is 3.86. The lowest BCUT2D eigenvalue weighted by molar-refractivity contribution is -0.131. The first kappa shape index (κ1) is 15.4. The molecule has 1 aromatic heterocycles. The molecule has 7 heteroatoms. The Morgan fingerprint density at radius 2 is 1.86 bits per heavy atom. The monoisotopic (exact) mass is 307 g/mol. The molecule has 1 aromatic rings. The summed E-state index contributed by atoms with van der Waals surface area (Å²) in [6.07, 6.45) is 2.31. The number of likely N-dealkylation sites (tertiary alicyclic amines) is 1. The van der Waals surface area contributed by atoms with Crippen LogP contribution in [0.3, 0.4) is 0 Å². The van der Waals surface area contributed by atoms with Crippen LogP contribution in [0.15, 0.2) is 4.52 Å². The maximum absolute atomic E-state index is 12.2. The number of nitrogens with zero attached hydrogens (tertiary/aromatic N) is 5. The van der Waals surface area contributed by atoms with Gasteiger partial charge in [-0.3, -0.25) is 14.6 Å². The number of amides is 1. The topological polar surface area (TPSA) is 65.7 Å². The molecule has 0 aliphatic carbocycles. The number of piperazine rings is 1. The molecule has 1 atom stereocenters. The van der Waals surface area contributed by atoms with Gasteiger partial charge in [0.1, 0.15) is 0 Å². The summed E-state index contributed by atoms with van der Waals surface area (Å²) < 4.78 is 5.26. The molecule has 7 nitrogen and oxygen atoms in total. The lowest BCUT2D eigenvalue weighted by atomic mass is 10.2. The molecule has 2 fully saturated rings. The van der Waals surface area contributed by atoms with Crippen LogP contribution in [-0.2, 0) is 4.79 Å². The van der Waals surface area contributed by atoms with E-state index in [0.29, 0.717) is 18.3 Å². The largest absolute Gasteiger partial charge is 0.342 e. The highest BCUT2D eigenvalue weighted by molar-refractivity contribution is 5.78. The van der Waals surface area contributed by atoms with Gasteiger partial charge in [-0.25, -0.2) is 0 Å². The van der Waals surface area contributed by atoms with Gasteiger partial charge in [-0.15, -0.1) is 0 Å². The van der Waals surface area contributed by atoms with Gasteiger partial charge in [0.05, 0.1) is 12.6 Å². The third-order valence-corrected chi connectivity index (χ3v) is 4.67. The molecular formula is C15H25N5O2. The van der Waals surface area contributed by atoms with Crippen LogP contribution in [-0.4, -0.2) is 76.6 Å². The average molecular weight is 307 g/mol. The number of aromatic nitrogens is 2. The summed E-state index contributed by atoms with van der Waals surface area (Å²) in [6.45, 7) is 10.0. The molecule has 0 bridgehead atoms. The van der Waals surface area contributed by atoms with Gasteiger partial charge in [0.25, 0.3) is 0 Å². The summed E-state index contributed by atoms with van der Waals surface area (Å²) in [5.74, 6) is 1.64. The van der Waals surface area contributed by atoms with E-state index in [1.807, 2.05) is 11.8 Å². The van der Waals surface area contributed by atoms with Gasteiger partial charge in [-0.05, 0) is 26.7 Å². The predicted molar refractivity (Wildman–Crippen MR) is 81.3 cm³/mol. The lowest BCUT2D eigenvalue weighted by Crippen LogP contribution is -2.50. The fourth-order valence-electron chi connectivity index (χ4n) is 3.21. The van der Waals surface area contributed by atoms with Gasteiger partial charge in [0.2, 0.25) is 11.8 Å². The molecule has 0 N–H and O–H groups in total. The van der Waals surface area contributed by atoms with Crippen LogP contribution in [0.25, 0.3) is 0 Å². The Bertz CT molecular complexity index is 504. The van der Waals surface area contributed by atoms with Crippen LogP contribution in [0.2, 0.25) is 0 Å². The molecule has 0 spiro atoms. The molecule has 2 aliphatic heterocycles. The third-order valence-electron chi connectivity index (χ3n) is 4.67. The molecule has 122 valence electrons. The molecule has 0 aromatic carbocycles. The van der Waals surface area contributed by atoms with Crippen LogP contribution < -0.4 is 0 Å². The summed E-state index contributed by atoms with van der Waals surface area (Å²) in [7, 11) is 0. The second kappa shape index (κ2) is 6.75. The summed E-state index contributed by atoms with van der Waals surface area (Å²) in [5.41, 5.74) is 0. The number of hydrogen-bond donors (Lipinski definition) is 0. The highest BCUT2D eigenvalue weighted by Crippen LogP contribution is 2.20. The van der Waals surface area contributed by atoms with Gasteiger partial charge in [0.15, 0.2) is 5.82 Å². The predicted octanol–water partition coefficient (Wildman–Crippen LogP) is 0.679. The Kier molecular flexibility index (Phi) is 4.73. The normalized spacial score (nSPS) is 22.2. The standard InChI is InChI=1S/C15H25N5O2/c1-12(15-16-13(2)17-22-15)19-9-7-18(8-10-19)11-14(21)20-5-3-4-6-20/h12H,3-11H2,1-2H3. The second-order valence-corrected chi connectivity index (χ2v) is 6.26. The van der Waals surface area contributed by atoms with Crippen LogP contribution in [0.1, 0.15) is 37.5 Å². The molecule has 3 rings (SSSR count). The van der Waals surface area contributed by atoms with Crippen molar-refractivity contribution in [2.75, 3.05) is 45.8 Å². The van der Waals surface area contributed by atoms with E-state index in [1.54, 1.807) is 0 Å². The molecule has 0 saturated carbocycles. The van der Waals surface area contributed by atoms with Crippen molar-refractivity contribution in [3.63, 3.8) is 0 Å². The van der Waals surface area contributed by atoms with E-state index in [2.05, 4.69) is 26.9 Å². The Balaban J connectivity index is 1.46. The number of aryl methyl sites for hydroxylation is 1. The third kappa shape index (κ3) is 3.47. The van der Waals surface area contributed by atoms with Gasteiger partial charge in [-0.1, -0.05) is 5.16 Å². The summed E-state index contributed by atoms with van der Waals surface area (Å²) in [4.78, 5) is 23.1. The number of rotatable bonds is 4. The quantitative estimate of drug-likeness (QED) is 0.815. The van der Waals surface area contributed by atoms with Crippen LogP contribution in [0.5, 0.6) is 0 Å². The zero-order valence-corrected chi connectivity index (χ0v) is 13.5. The van der Waals surface area contributed by atoms with Crippen LogP contribution in [0, 0.1) is 6.92 Å². The molecule has 2 saturated heterocycles. The molecule has 1 amide bonds. The Morgan fingerprint density at radius 1 is 1.18 bits per heavy atom. The van der Waals surface area contributed by atoms with Gasteiger partial charge in [-0.2, -0.15) is 4.98 Å². The van der Waals surface area contributed by atoms with Crippen molar-refractivity contribution in [3.05, 3.63) is 11.7 Å². The minimum atomic E-state index is 0.137. The van der Waals surface area contributed by atoms with E-state index in [4.69, 9.17) is 4.52 Å². The molecule has 1 unspecified atom stereocenters. The van der Waals surface area contributed by atoms with Gasteiger partial charge < -0.3 is 9.42 Å². The molecule has 0 radical (unpaired) electrons. The zero-order chi connectivity index (χ0) is 15.5. The highest BCUT2D eigenvalue weighted by atomic mass is 16.5. The van der Waals surface area contributed by atoms with E-state index >= 15 is 0 Å². The highest BCUT2D eigenvalue weighted by Gasteiger charge is 2.27. The number of hydrogen-bond acceptors (Lipinski definition) is 6. The molecular weight excluding hydrogens is 282 g/mol. The Morgan fingerprint density at radius 3 is 2.45 bits per heavy atom. The van der Waals surface area contributed by atoms with Crippen molar-refractivity contribution in [2.45, 2.75) is 32.7 Å². The Hall–Kier alpha value is -1.47. The van der Waals surface area contributed by atoms with Crippen molar-refractivity contribution in [3.8, 4) is 0 Å². The van der Waals surface area contributed by atoms with E-state index in [1.165, 1.54) is 0 Å². The van der Waals surface area contributed by atoms with E-state index in [0.717, 1.165) is 52.1 Å². The lowest BCUT2D eigenvalue weighted by Gasteiger charge is -2.36. The van der Waals surface area contributed by atoms with Gasteiger partial charge >= 0.3 is 0 Å². The molecule has 2 aliphatic rings. The number of carbonyl (C=O) groups excluding carboxylic acids is 1. The van der Waals surface area contributed by atoms with Crippen LogP contribution in [0.4, 0.5) is 0 Å². The van der Waals surface area contributed by atoms with Crippen molar-refractivity contribution in [2.24, 2.45) is 0 Å². The maximum atomic E-state index is 12.2. The first-order valence-corrected chi connectivity index (χ1v) is 8.18. The summed E-state index contributed by atoms with van der Waals surface area (Å²) in [6, 6.07) is 0.137. The minimum Gasteiger partial charge on any atom is -0.342 e. The van der Waals surface area contributed by atoms with Crippen molar-refractivity contribution >= 4 is 5.91 Å². The molecule has 3 heterocycles. The summed E-state index contributed by atoms with van der Waals surface area (Å²) >= 11 is 0. The minimum absolute atomic E-state index is 0.137. The average Bonchev–Trinajstić information content (AvgIpc) is 3.18. The van der Waals surface area contributed by atoms with Crippen molar-refractivity contribution < 1.29 is 9.32 Å². The maximum Gasteiger partial charge on any atom is 0.243 e. The first-order valence-electron chi connectivity index (χ1n) is 8.18. The van der Waals surface area contributed by atoms with E-state index in [-0.39, 0.29) is 11.9 Å². The second-order valence-electron chi connectivity index (χ2n) is 6.26. The smallest absolute Gasteiger partial charge is 0.243 e. The Labute approximate surface area is 131 Å². The van der Waals surface area contributed by atoms with E-state index < -0.39 is 0 Å². The first-order chi connectivity index (χ1) is 10.6. The van der Waals surface area contributed by atoms with Gasteiger partial charge in [0, 0.05) is 39.3 Å².